The SMILES string of the molecule is CNC(=O)CCN(C(=O)c1cc2c(OC)ccc(-c3ccc(=O)n(C)c3)c2s1)C(C)c1cnco1. The first kappa shape index (κ1) is 24.2. The second kappa shape index (κ2) is 10.1. The monoisotopic (exact) mass is 494 g/mol. The first-order valence-corrected chi connectivity index (χ1v) is 11.8. The smallest absolute Gasteiger partial charge is 0.264 e. The molecular weight excluding hydrogens is 468 g/mol. The molecule has 0 spiro atoms. The van der Waals surface area contributed by atoms with Crippen molar-refractivity contribution < 1.29 is 18.7 Å². The molecule has 1 N–H and O–H groups in total. The fraction of sp³-hybridized carbons (Fsp3) is 0.280. The summed E-state index contributed by atoms with van der Waals surface area (Å²) in [6, 6.07) is 8.45. The second-order valence-electron chi connectivity index (χ2n) is 8.04. The predicted octanol–water partition coefficient (Wildman–Crippen LogP) is 3.60. The molecule has 0 fully saturated rings. The normalized spacial score (nSPS) is 11.9. The zero-order valence-corrected chi connectivity index (χ0v) is 20.7. The van der Waals surface area contributed by atoms with Gasteiger partial charge in [0.1, 0.15) is 11.5 Å². The number of nitrogens with one attached hydrogen (secondary N) is 1. The van der Waals surface area contributed by atoms with Gasteiger partial charge in [-0.05, 0) is 36.8 Å². The molecule has 10 heteroatoms. The van der Waals surface area contributed by atoms with Crippen LogP contribution < -0.4 is 15.6 Å². The van der Waals surface area contributed by atoms with Crippen LogP contribution in [0.5, 0.6) is 5.75 Å². The Labute approximate surface area is 206 Å². The van der Waals surface area contributed by atoms with Gasteiger partial charge in [-0.3, -0.25) is 14.4 Å². The molecule has 0 aliphatic carbocycles. The van der Waals surface area contributed by atoms with Crippen molar-refractivity contribution in [3.05, 3.63) is 70.1 Å². The minimum absolute atomic E-state index is 0.103. The van der Waals surface area contributed by atoms with Crippen molar-refractivity contribution >= 4 is 33.2 Å². The van der Waals surface area contributed by atoms with Crippen molar-refractivity contribution in [2.45, 2.75) is 19.4 Å². The van der Waals surface area contributed by atoms with Gasteiger partial charge in [-0.2, -0.15) is 0 Å². The number of methoxy groups -OCH3 is 1. The molecule has 9 nitrogen and oxygen atoms in total. The summed E-state index contributed by atoms with van der Waals surface area (Å²) in [5.41, 5.74) is 1.64. The number of carbonyl (C=O) groups is 2. The van der Waals surface area contributed by atoms with E-state index in [-0.39, 0.29) is 30.3 Å². The van der Waals surface area contributed by atoms with Crippen LogP contribution in [0.1, 0.15) is 34.8 Å². The predicted molar refractivity (Wildman–Crippen MR) is 134 cm³/mol. The Hall–Kier alpha value is -3.92. The number of thiophene rings is 1. The number of rotatable bonds is 8. The van der Waals surface area contributed by atoms with E-state index in [0.29, 0.717) is 16.4 Å². The number of amides is 2. The van der Waals surface area contributed by atoms with Gasteiger partial charge in [0, 0.05) is 55.0 Å². The van der Waals surface area contributed by atoms with Gasteiger partial charge in [-0.15, -0.1) is 11.3 Å². The molecule has 0 saturated heterocycles. The average molecular weight is 495 g/mol. The van der Waals surface area contributed by atoms with Crippen LogP contribution in [0.4, 0.5) is 0 Å². The number of nitrogens with zero attached hydrogens (tertiary/aromatic N) is 3. The van der Waals surface area contributed by atoms with Gasteiger partial charge < -0.3 is 23.9 Å². The van der Waals surface area contributed by atoms with Crippen molar-refractivity contribution in [3.8, 4) is 16.9 Å². The topological polar surface area (TPSA) is 107 Å². The molecule has 0 aliphatic rings. The summed E-state index contributed by atoms with van der Waals surface area (Å²) in [5.74, 6) is 0.777. The highest BCUT2D eigenvalue weighted by molar-refractivity contribution is 7.21. The minimum atomic E-state index is -0.426. The lowest BCUT2D eigenvalue weighted by atomic mass is 10.0. The molecule has 0 aliphatic heterocycles. The lowest BCUT2D eigenvalue weighted by Gasteiger charge is -2.27. The van der Waals surface area contributed by atoms with Crippen molar-refractivity contribution in [3.63, 3.8) is 0 Å². The van der Waals surface area contributed by atoms with Crippen molar-refractivity contribution in [1.82, 2.24) is 19.8 Å². The highest BCUT2D eigenvalue weighted by Gasteiger charge is 2.27. The number of oxazole rings is 1. The van der Waals surface area contributed by atoms with Crippen LogP contribution in [0.25, 0.3) is 21.2 Å². The Morgan fingerprint density at radius 2 is 2.09 bits per heavy atom. The van der Waals surface area contributed by atoms with E-state index in [9.17, 15) is 14.4 Å². The van der Waals surface area contributed by atoms with E-state index in [4.69, 9.17) is 9.15 Å². The Kier molecular flexibility index (Phi) is 7.02. The summed E-state index contributed by atoms with van der Waals surface area (Å²) in [5, 5.41) is 3.39. The minimum Gasteiger partial charge on any atom is -0.496 e. The zero-order chi connectivity index (χ0) is 25.1. The lowest BCUT2D eigenvalue weighted by Crippen LogP contribution is -2.36. The van der Waals surface area contributed by atoms with Gasteiger partial charge in [0.2, 0.25) is 11.5 Å². The fourth-order valence-corrected chi connectivity index (χ4v) is 5.07. The Bertz CT molecular complexity index is 1420. The van der Waals surface area contributed by atoms with Crippen LogP contribution in [0.3, 0.4) is 0 Å². The maximum atomic E-state index is 13.8. The molecular formula is C25H26N4O5S. The van der Waals surface area contributed by atoms with E-state index in [2.05, 4.69) is 10.3 Å². The number of ether oxygens (including phenoxy) is 1. The Morgan fingerprint density at radius 3 is 2.74 bits per heavy atom. The molecule has 0 saturated carbocycles. The van der Waals surface area contributed by atoms with Crippen LogP contribution >= 0.6 is 11.3 Å². The van der Waals surface area contributed by atoms with Crippen molar-refractivity contribution in [1.29, 1.82) is 0 Å². The molecule has 1 unspecified atom stereocenters. The van der Waals surface area contributed by atoms with Gasteiger partial charge >= 0.3 is 0 Å². The van der Waals surface area contributed by atoms with Gasteiger partial charge in [0.05, 0.1) is 24.2 Å². The first-order chi connectivity index (χ1) is 16.8. The molecule has 182 valence electrons. The third-order valence-corrected chi connectivity index (χ3v) is 7.08. The summed E-state index contributed by atoms with van der Waals surface area (Å²) in [7, 11) is 4.85. The van der Waals surface area contributed by atoms with Crippen LogP contribution in [0.2, 0.25) is 0 Å². The molecule has 4 aromatic rings. The standard InChI is InChI=1S/C25H26N4O5S/c1-15(20-12-27-14-34-20)29(10-9-22(30)26-2)25(32)21-11-18-19(33-4)7-6-17(24(18)35-21)16-5-8-23(31)28(3)13-16/h5-8,11-15H,9-10H2,1-4H3,(H,26,30). The van der Waals surface area contributed by atoms with E-state index in [1.807, 2.05) is 25.1 Å². The van der Waals surface area contributed by atoms with Gasteiger partial charge in [-0.1, -0.05) is 0 Å². The number of aryl methyl sites for hydroxylation is 1. The fourth-order valence-electron chi connectivity index (χ4n) is 3.91. The number of aromatic nitrogens is 2. The number of fused-ring (bicyclic) bond motifs is 1. The van der Waals surface area contributed by atoms with Crippen LogP contribution in [0.15, 0.2) is 58.3 Å². The van der Waals surface area contributed by atoms with Gasteiger partial charge in [-0.25, -0.2) is 4.98 Å². The average Bonchev–Trinajstić information content (AvgIpc) is 3.55. The number of pyridine rings is 1. The summed E-state index contributed by atoms with van der Waals surface area (Å²) in [6.07, 6.45) is 4.80. The van der Waals surface area contributed by atoms with E-state index in [0.717, 1.165) is 21.2 Å². The molecule has 1 atom stereocenters. The number of carbonyl (C=O) groups excluding carboxylic acids is 2. The molecule has 1 aromatic carbocycles. The third-order valence-electron chi connectivity index (χ3n) is 5.92. The highest BCUT2D eigenvalue weighted by atomic mass is 32.1. The zero-order valence-electron chi connectivity index (χ0n) is 19.9. The molecule has 0 bridgehead atoms. The lowest BCUT2D eigenvalue weighted by molar-refractivity contribution is -0.120. The molecule has 3 aromatic heterocycles. The van der Waals surface area contributed by atoms with Gasteiger partial charge in [0.25, 0.3) is 5.91 Å². The van der Waals surface area contributed by atoms with Crippen LogP contribution in [-0.4, -0.2) is 47.0 Å². The maximum Gasteiger partial charge on any atom is 0.264 e. The molecule has 4 rings (SSSR count). The van der Waals surface area contributed by atoms with Crippen LogP contribution in [0, 0.1) is 0 Å². The molecule has 2 amide bonds. The highest BCUT2D eigenvalue weighted by Crippen LogP contribution is 2.40. The summed E-state index contributed by atoms with van der Waals surface area (Å²) >= 11 is 1.34. The van der Waals surface area contributed by atoms with E-state index in [1.54, 1.807) is 44.6 Å². The van der Waals surface area contributed by atoms with Crippen LogP contribution in [-0.2, 0) is 11.8 Å². The number of benzene rings is 1. The Balaban J connectivity index is 1.79. The second-order valence-corrected chi connectivity index (χ2v) is 9.09. The quantitative estimate of drug-likeness (QED) is 0.401. The summed E-state index contributed by atoms with van der Waals surface area (Å²) in [4.78, 5) is 43.6. The van der Waals surface area contributed by atoms with E-state index in [1.165, 1.54) is 28.4 Å². The number of hydrogen-bond acceptors (Lipinski definition) is 7. The largest absolute Gasteiger partial charge is 0.496 e. The van der Waals surface area contributed by atoms with E-state index < -0.39 is 6.04 Å². The maximum absolute atomic E-state index is 13.8. The molecule has 3 heterocycles. The summed E-state index contributed by atoms with van der Waals surface area (Å²) in [6.45, 7) is 2.05. The van der Waals surface area contributed by atoms with Crippen molar-refractivity contribution in [2.75, 3.05) is 20.7 Å². The number of hydrogen-bond donors (Lipinski definition) is 1. The molecule has 35 heavy (non-hydrogen) atoms. The van der Waals surface area contributed by atoms with Gasteiger partial charge in [0.15, 0.2) is 6.39 Å². The third kappa shape index (κ3) is 4.83. The first-order valence-electron chi connectivity index (χ1n) is 11.0. The van der Waals surface area contributed by atoms with E-state index >= 15 is 0 Å². The Morgan fingerprint density at radius 1 is 1.29 bits per heavy atom. The summed E-state index contributed by atoms with van der Waals surface area (Å²) < 4.78 is 13.4. The van der Waals surface area contributed by atoms with Crippen molar-refractivity contribution in [2.24, 2.45) is 7.05 Å². The molecule has 0 radical (unpaired) electrons.